The maximum atomic E-state index is 13.8. The summed E-state index contributed by atoms with van der Waals surface area (Å²) in [4.78, 5) is 33.6. The summed E-state index contributed by atoms with van der Waals surface area (Å²) in [5.74, 6) is 0.544. The van der Waals surface area contributed by atoms with Crippen molar-refractivity contribution >= 4 is 28.5 Å². The number of carbonyl (C=O) groups excluding carboxylic acids is 2. The van der Waals surface area contributed by atoms with E-state index in [1.165, 1.54) is 0 Å². The molecule has 0 radical (unpaired) electrons. The van der Waals surface area contributed by atoms with Crippen LogP contribution in [0.1, 0.15) is 42.4 Å². The van der Waals surface area contributed by atoms with E-state index in [-0.39, 0.29) is 24.3 Å². The Labute approximate surface area is 192 Å². The van der Waals surface area contributed by atoms with Crippen LogP contribution in [0.15, 0.2) is 78.9 Å². The molecule has 0 saturated carbocycles. The molecule has 2 unspecified atom stereocenters. The van der Waals surface area contributed by atoms with Crippen LogP contribution in [-0.2, 0) is 16.1 Å². The number of amides is 2. The summed E-state index contributed by atoms with van der Waals surface area (Å²) in [5, 5.41) is 2.98. The number of hydrogen-bond donors (Lipinski definition) is 1. The lowest BCUT2D eigenvalue weighted by molar-refractivity contribution is -0.142. The number of rotatable bonds is 5. The molecule has 6 nitrogen and oxygen atoms in total. The van der Waals surface area contributed by atoms with E-state index >= 15 is 0 Å². The molecule has 0 fully saturated rings. The van der Waals surface area contributed by atoms with Crippen LogP contribution in [0.25, 0.3) is 11.0 Å². The Morgan fingerprint density at radius 3 is 2.45 bits per heavy atom. The average molecular weight is 439 g/mol. The highest BCUT2D eigenvalue weighted by atomic mass is 16.2. The second-order valence-electron chi connectivity index (χ2n) is 8.54. The predicted octanol–water partition coefficient (Wildman–Crippen LogP) is 5.02. The molecule has 6 heteroatoms. The number of aromatic nitrogens is 2. The first-order chi connectivity index (χ1) is 16.0. The molecule has 0 saturated heterocycles. The molecular formula is C27H26N4O2. The van der Waals surface area contributed by atoms with E-state index in [1.807, 2.05) is 102 Å². The molecule has 0 aliphatic carbocycles. The van der Waals surface area contributed by atoms with Crippen molar-refractivity contribution in [1.82, 2.24) is 14.5 Å². The van der Waals surface area contributed by atoms with Crippen molar-refractivity contribution in [2.75, 3.05) is 5.32 Å². The summed E-state index contributed by atoms with van der Waals surface area (Å²) in [6.45, 7) is 4.42. The molecule has 1 aliphatic rings. The molecule has 2 amide bonds. The number of aryl methyl sites for hydroxylation is 1. The standard InChI is InChI=1S/C27H26N4O2/c1-18-10-6-7-13-21(18)28-25(32)16-24-27(33)30(17-20-11-4-3-5-12-20)19(2)26-29-22-14-8-9-15-23(22)31(24)26/h3-15,19,24H,16-17H2,1-2H3,(H,28,32). The van der Waals surface area contributed by atoms with E-state index in [4.69, 9.17) is 4.98 Å². The number of hydrogen-bond acceptors (Lipinski definition) is 3. The first-order valence-corrected chi connectivity index (χ1v) is 11.2. The SMILES string of the molecule is Cc1ccccc1NC(=O)CC1C(=O)N(Cc2ccccc2)C(C)c2nc3ccccc3n21. The van der Waals surface area contributed by atoms with Crippen LogP contribution in [0.5, 0.6) is 0 Å². The number of benzene rings is 3. The fourth-order valence-corrected chi connectivity index (χ4v) is 4.58. The van der Waals surface area contributed by atoms with Gasteiger partial charge in [-0.3, -0.25) is 9.59 Å². The molecule has 0 bridgehead atoms. The summed E-state index contributed by atoms with van der Waals surface area (Å²) >= 11 is 0. The van der Waals surface area contributed by atoms with Gasteiger partial charge in [-0.2, -0.15) is 0 Å². The second-order valence-corrected chi connectivity index (χ2v) is 8.54. The molecular weight excluding hydrogens is 412 g/mol. The van der Waals surface area contributed by atoms with E-state index < -0.39 is 6.04 Å². The van der Waals surface area contributed by atoms with Gasteiger partial charge in [0.05, 0.1) is 23.5 Å². The van der Waals surface area contributed by atoms with Crippen molar-refractivity contribution in [2.45, 2.75) is 38.9 Å². The number of para-hydroxylation sites is 3. The van der Waals surface area contributed by atoms with Crippen molar-refractivity contribution in [3.63, 3.8) is 0 Å². The van der Waals surface area contributed by atoms with Gasteiger partial charge in [0.1, 0.15) is 11.9 Å². The molecule has 33 heavy (non-hydrogen) atoms. The summed E-state index contributed by atoms with van der Waals surface area (Å²) in [6, 6.07) is 24.5. The molecule has 2 atom stereocenters. The lowest BCUT2D eigenvalue weighted by atomic mass is 10.0. The number of anilines is 1. The fraction of sp³-hybridized carbons (Fsp3) is 0.222. The van der Waals surface area contributed by atoms with Crippen LogP contribution >= 0.6 is 0 Å². The molecule has 0 spiro atoms. The molecule has 1 aliphatic heterocycles. The van der Waals surface area contributed by atoms with Gasteiger partial charge < -0.3 is 14.8 Å². The van der Waals surface area contributed by atoms with Gasteiger partial charge in [0, 0.05) is 12.2 Å². The summed E-state index contributed by atoms with van der Waals surface area (Å²) < 4.78 is 1.96. The number of nitrogens with one attached hydrogen (secondary N) is 1. The van der Waals surface area contributed by atoms with Gasteiger partial charge in [-0.05, 0) is 43.2 Å². The van der Waals surface area contributed by atoms with Crippen LogP contribution in [-0.4, -0.2) is 26.3 Å². The molecule has 2 heterocycles. The van der Waals surface area contributed by atoms with Crippen LogP contribution in [0.2, 0.25) is 0 Å². The summed E-state index contributed by atoms with van der Waals surface area (Å²) in [7, 11) is 0. The Hall–Kier alpha value is -3.93. The fourth-order valence-electron chi connectivity index (χ4n) is 4.58. The molecule has 5 rings (SSSR count). The first-order valence-electron chi connectivity index (χ1n) is 11.2. The third kappa shape index (κ3) is 3.89. The van der Waals surface area contributed by atoms with Gasteiger partial charge in [0.2, 0.25) is 11.8 Å². The number of fused-ring (bicyclic) bond motifs is 3. The highest BCUT2D eigenvalue weighted by Crippen LogP contribution is 2.37. The van der Waals surface area contributed by atoms with Gasteiger partial charge in [-0.25, -0.2) is 4.98 Å². The first kappa shape index (κ1) is 20.9. The Morgan fingerprint density at radius 1 is 0.970 bits per heavy atom. The van der Waals surface area contributed by atoms with Crippen molar-refractivity contribution in [2.24, 2.45) is 0 Å². The van der Waals surface area contributed by atoms with E-state index in [0.29, 0.717) is 6.54 Å². The molecule has 4 aromatic rings. The van der Waals surface area contributed by atoms with Crippen molar-refractivity contribution < 1.29 is 9.59 Å². The van der Waals surface area contributed by atoms with Crippen LogP contribution in [0, 0.1) is 6.92 Å². The monoisotopic (exact) mass is 438 g/mol. The third-order valence-electron chi connectivity index (χ3n) is 6.34. The lowest BCUT2D eigenvalue weighted by Crippen LogP contribution is -2.45. The van der Waals surface area contributed by atoms with Gasteiger partial charge in [-0.15, -0.1) is 0 Å². The van der Waals surface area contributed by atoms with Crippen LogP contribution in [0.4, 0.5) is 5.69 Å². The largest absolute Gasteiger partial charge is 0.327 e. The number of carbonyl (C=O) groups is 2. The maximum absolute atomic E-state index is 13.8. The second kappa shape index (κ2) is 8.54. The molecule has 1 N–H and O–H groups in total. The number of imidazole rings is 1. The van der Waals surface area contributed by atoms with Gasteiger partial charge in [0.15, 0.2) is 0 Å². The normalized spacial score (nSPS) is 17.8. The predicted molar refractivity (Wildman–Crippen MR) is 129 cm³/mol. The summed E-state index contributed by atoms with van der Waals surface area (Å²) in [6.07, 6.45) is 0.0402. The molecule has 1 aromatic heterocycles. The van der Waals surface area contributed by atoms with Crippen LogP contribution in [0.3, 0.4) is 0 Å². The molecule has 166 valence electrons. The van der Waals surface area contributed by atoms with Gasteiger partial charge in [-0.1, -0.05) is 60.7 Å². The van der Waals surface area contributed by atoms with E-state index in [1.54, 1.807) is 0 Å². The minimum Gasteiger partial charge on any atom is -0.327 e. The zero-order chi connectivity index (χ0) is 22.9. The quantitative estimate of drug-likeness (QED) is 0.476. The third-order valence-corrected chi connectivity index (χ3v) is 6.34. The summed E-state index contributed by atoms with van der Waals surface area (Å²) in [5.41, 5.74) is 4.49. The number of nitrogens with zero attached hydrogens (tertiary/aromatic N) is 3. The Bertz CT molecular complexity index is 1330. The Kier molecular flexibility index (Phi) is 5.42. The van der Waals surface area contributed by atoms with Gasteiger partial charge in [0.25, 0.3) is 0 Å². The Morgan fingerprint density at radius 2 is 1.67 bits per heavy atom. The Balaban J connectivity index is 1.52. The minimum atomic E-state index is -0.656. The highest BCUT2D eigenvalue weighted by Gasteiger charge is 2.40. The van der Waals surface area contributed by atoms with Gasteiger partial charge >= 0.3 is 0 Å². The van der Waals surface area contributed by atoms with Crippen molar-refractivity contribution in [3.05, 3.63) is 95.8 Å². The highest BCUT2D eigenvalue weighted by molar-refractivity contribution is 5.96. The minimum absolute atomic E-state index is 0.0402. The van der Waals surface area contributed by atoms with E-state index in [2.05, 4.69) is 5.32 Å². The average Bonchev–Trinajstić information content (AvgIpc) is 3.21. The maximum Gasteiger partial charge on any atom is 0.247 e. The molecule has 3 aromatic carbocycles. The van der Waals surface area contributed by atoms with Crippen molar-refractivity contribution in [1.29, 1.82) is 0 Å². The van der Waals surface area contributed by atoms with Crippen molar-refractivity contribution in [3.8, 4) is 0 Å². The van der Waals surface area contributed by atoms with Crippen LogP contribution < -0.4 is 5.32 Å². The topological polar surface area (TPSA) is 67.2 Å². The van der Waals surface area contributed by atoms with E-state index in [0.717, 1.165) is 33.7 Å². The zero-order valence-corrected chi connectivity index (χ0v) is 18.7. The lowest BCUT2D eigenvalue weighted by Gasteiger charge is -2.38. The zero-order valence-electron chi connectivity index (χ0n) is 18.7. The van der Waals surface area contributed by atoms with E-state index in [9.17, 15) is 9.59 Å². The smallest absolute Gasteiger partial charge is 0.247 e.